The second-order valence-electron chi connectivity index (χ2n) is 7.55. The molecular weight excluding hydrogens is 424 g/mol. The van der Waals surface area contributed by atoms with Crippen molar-refractivity contribution in [1.29, 1.82) is 0 Å². The summed E-state index contributed by atoms with van der Waals surface area (Å²) in [5, 5.41) is 6.83. The van der Waals surface area contributed by atoms with E-state index in [1.54, 1.807) is 18.4 Å². The number of thiazole rings is 1. The van der Waals surface area contributed by atoms with Crippen molar-refractivity contribution < 1.29 is 14.3 Å². The van der Waals surface area contributed by atoms with Crippen LogP contribution in [0.1, 0.15) is 5.01 Å². The standard InChI is InChI=1S/C24H28N4O3S/c1-17-26-22(18-5-9-21(30-2)10-6-18)23(32-17)19-3-7-20(8-4-19)27-24(29)25-11-12-28-13-15-31-16-14-28/h3-10H,11-16H2,1-2H3,(H2,25,27,29). The van der Waals surface area contributed by atoms with E-state index in [1.165, 1.54) is 0 Å². The molecule has 8 heteroatoms. The van der Waals surface area contributed by atoms with Gasteiger partial charge in [-0.3, -0.25) is 4.90 Å². The van der Waals surface area contributed by atoms with Gasteiger partial charge in [0.25, 0.3) is 0 Å². The van der Waals surface area contributed by atoms with Crippen molar-refractivity contribution in [3.05, 3.63) is 53.5 Å². The summed E-state index contributed by atoms with van der Waals surface area (Å²) in [5.41, 5.74) is 3.83. The Bertz CT molecular complexity index is 1030. The van der Waals surface area contributed by atoms with Crippen LogP contribution in [0.2, 0.25) is 0 Å². The van der Waals surface area contributed by atoms with Crippen molar-refractivity contribution in [2.75, 3.05) is 51.8 Å². The van der Waals surface area contributed by atoms with E-state index in [4.69, 9.17) is 14.5 Å². The van der Waals surface area contributed by atoms with Gasteiger partial charge in [0, 0.05) is 37.4 Å². The number of nitrogens with zero attached hydrogens (tertiary/aromatic N) is 2. The SMILES string of the molecule is COc1ccc(-c2nc(C)sc2-c2ccc(NC(=O)NCCN3CCOCC3)cc2)cc1. The highest BCUT2D eigenvalue weighted by molar-refractivity contribution is 7.15. The topological polar surface area (TPSA) is 75.7 Å². The Labute approximate surface area is 192 Å². The third kappa shape index (κ3) is 5.64. The number of rotatable bonds is 7. The van der Waals surface area contributed by atoms with Crippen molar-refractivity contribution in [2.45, 2.75) is 6.92 Å². The number of urea groups is 1. The molecule has 2 aromatic carbocycles. The lowest BCUT2D eigenvalue weighted by Gasteiger charge is -2.26. The van der Waals surface area contributed by atoms with Crippen molar-refractivity contribution in [3.8, 4) is 27.4 Å². The molecule has 0 spiro atoms. The number of morpholine rings is 1. The summed E-state index contributed by atoms with van der Waals surface area (Å²) < 4.78 is 10.6. The quantitative estimate of drug-likeness (QED) is 0.561. The first-order valence-electron chi connectivity index (χ1n) is 10.7. The molecule has 0 saturated carbocycles. The van der Waals surface area contributed by atoms with Gasteiger partial charge in [0.05, 0.1) is 35.9 Å². The smallest absolute Gasteiger partial charge is 0.319 e. The van der Waals surface area contributed by atoms with Gasteiger partial charge in [-0.25, -0.2) is 9.78 Å². The monoisotopic (exact) mass is 452 g/mol. The summed E-state index contributed by atoms with van der Waals surface area (Å²) in [6.45, 7) is 6.80. The van der Waals surface area contributed by atoms with Crippen LogP contribution in [0.15, 0.2) is 48.5 Å². The lowest BCUT2D eigenvalue weighted by molar-refractivity contribution is 0.0388. The Morgan fingerprint density at radius 2 is 1.78 bits per heavy atom. The van der Waals surface area contributed by atoms with E-state index in [0.29, 0.717) is 6.54 Å². The molecule has 0 unspecified atom stereocenters. The number of nitrogens with one attached hydrogen (secondary N) is 2. The summed E-state index contributed by atoms with van der Waals surface area (Å²) in [6, 6.07) is 15.6. The average molecular weight is 453 g/mol. The molecule has 0 radical (unpaired) electrons. The van der Waals surface area contributed by atoms with Crippen LogP contribution in [0, 0.1) is 6.92 Å². The zero-order chi connectivity index (χ0) is 22.3. The summed E-state index contributed by atoms with van der Waals surface area (Å²) in [7, 11) is 1.66. The van der Waals surface area contributed by atoms with Gasteiger partial charge >= 0.3 is 6.03 Å². The molecule has 32 heavy (non-hydrogen) atoms. The number of aromatic nitrogens is 1. The number of anilines is 1. The Balaban J connectivity index is 1.37. The highest BCUT2D eigenvalue weighted by atomic mass is 32.1. The summed E-state index contributed by atoms with van der Waals surface area (Å²) in [5.74, 6) is 0.820. The van der Waals surface area contributed by atoms with Crippen LogP contribution in [0.5, 0.6) is 5.75 Å². The third-order valence-electron chi connectivity index (χ3n) is 5.32. The van der Waals surface area contributed by atoms with Gasteiger partial charge in [0.1, 0.15) is 5.75 Å². The minimum Gasteiger partial charge on any atom is -0.497 e. The molecular formula is C24H28N4O3S. The Morgan fingerprint density at radius 3 is 2.47 bits per heavy atom. The number of methoxy groups -OCH3 is 1. The van der Waals surface area contributed by atoms with E-state index < -0.39 is 0 Å². The van der Waals surface area contributed by atoms with E-state index in [2.05, 4.69) is 15.5 Å². The van der Waals surface area contributed by atoms with Crippen LogP contribution in [0.4, 0.5) is 10.5 Å². The highest BCUT2D eigenvalue weighted by Gasteiger charge is 2.14. The molecule has 1 aromatic heterocycles. The molecule has 168 valence electrons. The van der Waals surface area contributed by atoms with Crippen LogP contribution in [-0.2, 0) is 4.74 Å². The first-order valence-corrected chi connectivity index (χ1v) is 11.5. The fraction of sp³-hybridized carbons (Fsp3) is 0.333. The summed E-state index contributed by atoms with van der Waals surface area (Å²) >= 11 is 1.66. The molecule has 2 heterocycles. The molecule has 2 amide bonds. The van der Waals surface area contributed by atoms with Gasteiger partial charge in [0.15, 0.2) is 0 Å². The molecule has 2 N–H and O–H groups in total. The molecule has 1 aliphatic rings. The van der Waals surface area contributed by atoms with Gasteiger partial charge < -0.3 is 20.1 Å². The predicted octanol–water partition coefficient (Wildman–Crippen LogP) is 4.25. The summed E-state index contributed by atoms with van der Waals surface area (Å²) in [6.07, 6.45) is 0. The molecule has 1 aliphatic heterocycles. The zero-order valence-corrected chi connectivity index (χ0v) is 19.2. The molecule has 1 fully saturated rings. The van der Waals surface area contributed by atoms with Crippen molar-refractivity contribution in [1.82, 2.24) is 15.2 Å². The van der Waals surface area contributed by atoms with E-state index >= 15 is 0 Å². The van der Waals surface area contributed by atoms with Crippen LogP contribution in [-0.4, -0.2) is 62.4 Å². The molecule has 4 rings (SSSR count). The fourth-order valence-corrected chi connectivity index (χ4v) is 4.55. The van der Waals surface area contributed by atoms with Crippen LogP contribution in [0.25, 0.3) is 21.7 Å². The Morgan fingerprint density at radius 1 is 1.09 bits per heavy atom. The number of hydrogen-bond acceptors (Lipinski definition) is 6. The van der Waals surface area contributed by atoms with Gasteiger partial charge in [-0.1, -0.05) is 12.1 Å². The van der Waals surface area contributed by atoms with Gasteiger partial charge in [-0.05, 0) is 48.9 Å². The van der Waals surface area contributed by atoms with Gasteiger partial charge in [-0.15, -0.1) is 11.3 Å². The molecule has 0 atom stereocenters. The van der Waals surface area contributed by atoms with Crippen molar-refractivity contribution >= 4 is 23.1 Å². The lowest BCUT2D eigenvalue weighted by atomic mass is 10.1. The predicted molar refractivity (Wildman–Crippen MR) is 129 cm³/mol. The maximum Gasteiger partial charge on any atom is 0.319 e. The molecule has 1 saturated heterocycles. The number of amides is 2. The second kappa shape index (κ2) is 10.6. The largest absolute Gasteiger partial charge is 0.497 e. The number of hydrogen-bond donors (Lipinski definition) is 2. The molecule has 3 aromatic rings. The Kier molecular flexibility index (Phi) is 7.36. The van der Waals surface area contributed by atoms with Crippen molar-refractivity contribution in [2.24, 2.45) is 0 Å². The maximum absolute atomic E-state index is 12.2. The molecule has 0 bridgehead atoms. The van der Waals surface area contributed by atoms with Gasteiger partial charge in [-0.2, -0.15) is 0 Å². The van der Waals surface area contributed by atoms with E-state index in [-0.39, 0.29) is 6.03 Å². The molecule has 7 nitrogen and oxygen atoms in total. The minimum absolute atomic E-state index is 0.196. The average Bonchev–Trinajstić information content (AvgIpc) is 3.22. The van der Waals surface area contributed by atoms with Gasteiger partial charge in [0.2, 0.25) is 0 Å². The first kappa shape index (κ1) is 22.3. The first-order chi connectivity index (χ1) is 15.6. The molecule has 0 aliphatic carbocycles. The minimum atomic E-state index is -0.196. The fourth-order valence-electron chi connectivity index (χ4n) is 3.60. The van der Waals surface area contributed by atoms with E-state index in [1.807, 2.05) is 55.5 Å². The number of aryl methyl sites for hydroxylation is 1. The lowest BCUT2D eigenvalue weighted by Crippen LogP contribution is -2.42. The number of carbonyl (C=O) groups is 1. The highest BCUT2D eigenvalue weighted by Crippen LogP contribution is 2.37. The number of benzene rings is 2. The van der Waals surface area contributed by atoms with Crippen LogP contribution in [0.3, 0.4) is 0 Å². The normalized spacial score (nSPS) is 14.2. The second-order valence-corrected chi connectivity index (χ2v) is 8.75. The van der Waals surface area contributed by atoms with Crippen molar-refractivity contribution in [3.63, 3.8) is 0 Å². The number of carbonyl (C=O) groups excluding carboxylic acids is 1. The zero-order valence-electron chi connectivity index (χ0n) is 18.4. The van der Waals surface area contributed by atoms with Crippen LogP contribution >= 0.6 is 11.3 Å². The maximum atomic E-state index is 12.2. The summed E-state index contributed by atoms with van der Waals surface area (Å²) in [4.78, 5) is 20.4. The van der Waals surface area contributed by atoms with E-state index in [0.717, 1.165) is 71.0 Å². The third-order valence-corrected chi connectivity index (χ3v) is 6.34. The number of ether oxygens (including phenoxy) is 2. The van der Waals surface area contributed by atoms with Crippen LogP contribution < -0.4 is 15.4 Å². The van der Waals surface area contributed by atoms with E-state index in [9.17, 15) is 4.79 Å². The Hall–Kier alpha value is -2.94.